The van der Waals surface area contributed by atoms with E-state index in [0.717, 1.165) is 18.9 Å². The highest BCUT2D eigenvalue weighted by Gasteiger charge is 2.11. The minimum Gasteiger partial charge on any atom is -0.367 e. The van der Waals surface area contributed by atoms with E-state index >= 15 is 0 Å². The van der Waals surface area contributed by atoms with Crippen LogP contribution in [0.25, 0.3) is 0 Å². The van der Waals surface area contributed by atoms with Gasteiger partial charge < -0.3 is 15.1 Å². The molecular formula is C13H21N5O. The van der Waals surface area contributed by atoms with Gasteiger partial charge in [0.15, 0.2) is 5.69 Å². The lowest BCUT2D eigenvalue weighted by Crippen LogP contribution is -2.26. The summed E-state index contributed by atoms with van der Waals surface area (Å²) in [5, 5.41) is 11.2. The van der Waals surface area contributed by atoms with E-state index in [1.54, 1.807) is 26.2 Å². The molecule has 104 valence electrons. The van der Waals surface area contributed by atoms with Gasteiger partial charge in [-0.15, -0.1) is 10.2 Å². The normalized spacial score (nSPS) is 15.5. The fourth-order valence-corrected chi connectivity index (χ4v) is 2.12. The first-order valence-corrected chi connectivity index (χ1v) is 6.68. The number of carbonyl (C=O) groups excluding carboxylic acids is 1. The van der Waals surface area contributed by atoms with Crippen LogP contribution in [0.5, 0.6) is 0 Å². The number of amides is 1. The average molecular weight is 263 g/mol. The van der Waals surface area contributed by atoms with Crippen LogP contribution in [0, 0.1) is 0 Å². The predicted octanol–water partition coefficient (Wildman–Crippen LogP) is 0.686. The summed E-state index contributed by atoms with van der Waals surface area (Å²) in [6.45, 7) is 4.28. The Morgan fingerprint density at radius 3 is 2.63 bits per heavy atom. The van der Waals surface area contributed by atoms with Gasteiger partial charge in [0.1, 0.15) is 5.82 Å². The Balaban J connectivity index is 1.79. The van der Waals surface area contributed by atoms with E-state index in [9.17, 15) is 4.79 Å². The predicted molar refractivity (Wildman–Crippen MR) is 74.2 cm³/mol. The fraction of sp³-hybridized carbons (Fsp3) is 0.615. The smallest absolute Gasteiger partial charge is 0.273 e. The van der Waals surface area contributed by atoms with Crippen LogP contribution in [0.15, 0.2) is 12.1 Å². The number of rotatable bonds is 5. The molecule has 0 aliphatic carbocycles. The first-order valence-electron chi connectivity index (χ1n) is 6.68. The zero-order valence-electron chi connectivity index (χ0n) is 11.6. The van der Waals surface area contributed by atoms with Crippen molar-refractivity contribution in [3.63, 3.8) is 0 Å². The lowest BCUT2D eigenvalue weighted by molar-refractivity contribution is 0.0821. The Morgan fingerprint density at radius 1 is 1.32 bits per heavy atom. The van der Waals surface area contributed by atoms with Gasteiger partial charge in [0.2, 0.25) is 0 Å². The van der Waals surface area contributed by atoms with E-state index in [-0.39, 0.29) is 5.91 Å². The minimum absolute atomic E-state index is 0.129. The molecule has 19 heavy (non-hydrogen) atoms. The zero-order chi connectivity index (χ0) is 13.7. The van der Waals surface area contributed by atoms with Gasteiger partial charge in [0.05, 0.1) is 0 Å². The SMILES string of the molecule is CN(C)C(=O)c1ccc(NCCN2CCCC2)nn1. The second-order valence-electron chi connectivity index (χ2n) is 4.98. The lowest BCUT2D eigenvalue weighted by Gasteiger charge is -2.14. The zero-order valence-corrected chi connectivity index (χ0v) is 11.6. The van der Waals surface area contributed by atoms with E-state index in [0.29, 0.717) is 5.69 Å². The molecule has 2 rings (SSSR count). The molecule has 0 atom stereocenters. The molecule has 1 aliphatic rings. The van der Waals surface area contributed by atoms with Crippen LogP contribution < -0.4 is 5.32 Å². The van der Waals surface area contributed by atoms with Gasteiger partial charge in [-0.3, -0.25) is 4.79 Å². The summed E-state index contributed by atoms with van der Waals surface area (Å²) in [6.07, 6.45) is 2.61. The van der Waals surface area contributed by atoms with Gasteiger partial charge in [-0.25, -0.2) is 0 Å². The highest BCUT2D eigenvalue weighted by atomic mass is 16.2. The first kappa shape index (κ1) is 13.7. The number of nitrogens with zero attached hydrogens (tertiary/aromatic N) is 4. The van der Waals surface area contributed by atoms with E-state index in [2.05, 4.69) is 20.4 Å². The third-order valence-electron chi connectivity index (χ3n) is 3.22. The number of carbonyl (C=O) groups is 1. The van der Waals surface area contributed by atoms with Crippen molar-refractivity contribution in [3.05, 3.63) is 17.8 Å². The topological polar surface area (TPSA) is 61.4 Å². The minimum atomic E-state index is -0.129. The van der Waals surface area contributed by atoms with Gasteiger partial charge in [-0.1, -0.05) is 0 Å². The first-order chi connectivity index (χ1) is 9.16. The highest BCUT2D eigenvalue weighted by Crippen LogP contribution is 2.07. The Kier molecular flexibility index (Phi) is 4.68. The molecule has 6 heteroatoms. The van der Waals surface area contributed by atoms with Crippen LogP contribution in [-0.2, 0) is 0 Å². The monoisotopic (exact) mass is 263 g/mol. The maximum absolute atomic E-state index is 11.6. The second kappa shape index (κ2) is 6.47. The maximum atomic E-state index is 11.6. The highest BCUT2D eigenvalue weighted by molar-refractivity contribution is 5.91. The number of aromatic nitrogens is 2. The summed E-state index contributed by atoms with van der Waals surface area (Å²) in [5.74, 6) is 0.589. The van der Waals surface area contributed by atoms with E-state index in [1.807, 2.05) is 0 Å². The number of hydrogen-bond acceptors (Lipinski definition) is 5. The Bertz CT molecular complexity index is 412. The molecule has 0 spiro atoms. The molecule has 6 nitrogen and oxygen atoms in total. The number of anilines is 1. The molecule has 0 bridgehead atoms. The molecule has 1 aliphatic heterocycles. The van der Waals surface area contributed by atoms with Crippen molar-refractivity contribution in [2.24, 2.45) is 0 Å². The Labute approximate surface area is 113 Å². The molecule has 1 fully saturated rings. The summed E-state index contributed by atoms with van der Waals surface area (Å²) >= 11 is 0. The van der Waals surface area contributed by atoms with Crippen molar-refractivity contribution in [2.75, 3.05) is 45.6 Å². The molecule has 0 aromatic carbocycles. The summed E-state index contributed by atoms with van der Waals surface area (Å²) in [4.78, 5) is 15.6. The number of nitrogens with one attached hydrogen (secondary N) is 1. The van der Waals surface area contributed by atoms with Crippen molar-refractivity contribution < 1.29 is 4.79 Å². The van der Waals surface area contributed by atoms with Crippen LogP contribution in [0.1, 0.15) is 23.3 Å². The van der Waals surface area contributed by atoms with Crippen LogP contribution >= 0.6 is 0 Å². The molecule has 2 heterocycles. The van der Waals surface area contributed by atoms with Crippen LogP contribution in [0.2, 0.25) is 0 Å². The van der Waals surface area contributed by atoms with Crippen LogP contribution in [0.4, 0.5) is 5.82 Å². The van der Waals surface area contributed by atoms with Crippen molar-refractivity contribution in [3.8, 4) is 0 Å². The molecular weight excluding hydrogens is 242 g/mol. The van der Waals surface area contributed by atoms with Gasteiger partial charge in [-0.2, -0.15) is 0 Å². The van der Waals surface area contributed by atoms with E-state index in [4.69, 9.17) is 0 Å². The molecule has 0 saturated carbocycles. The number of hydrogen-bond donors (Lipinski definition) is 1. The molecule has 1 aromatic rings. The van der Waals surface area contributed by atoms with Crippen LogP contribution in [-0.4, -0.2) is 66.2 Å². The summed E-state index contributed by atoms with van der Waals surface area (Å²) < 4.78 is 0. The molecule has 1 N–H and O–H groups in total. The quantitative estimate of drug-likeness (QED) is 0.846. The lowest BCUT2D eigenvalue weighted by atomic mass is 10.3. The average Bonchev–Trinajstić information content (AvgIpc) is 2.92. The maximum Gasteiger partial charge on any atom is 0.273 e. The largest absolute Gasteiger partial charge is 0.367 e. The van der Waals surface area contributed by atoms with E-state index < -0.39 is 0 Å². The summed E-state index contributed by atoms with van der Waals surface area (Å²) in [6, 6.07) is 3.50. The van der Waals surface area contributed by atoms with Crippen molar-refractivity contribution in [1.82, 2.24) is 20.0 Å². The van der Waals surface area contributed by atoms with Gasteiger partial charge in [0.25, 0.3) is 5.91 Å². The Morgan fingerprint density at radius 2 is 2.05 bits per heavy atom. The second-order valence-corrected chi connectivity index (χ2v) is 4.98. The van der Waals surface area contributed by atoms with Crippen molar-refractivity contribution >= 4 is 11.7 Å². The van der Waals surface area contributed by atoms with Crippen molar-refractivity contribution in [1.29, 1.82) is 0 Å². The van der Waals surface area contributed by atoms with Crippen LogP contribution in [0.3, 0.4) is 0 Å². The van der Waals surface area contributed by atoms with Crippen molar-refractivity contribution in [2.45, 2.75) is 12.8 Å². The molecule has 0 radical (unpaired) electrons. The molecule has 1 aromatic heterocycles. The molecule has 0 unspecified atom stereocenters. The third-order valence-corrected chi connectivity index (χ3v) is 3.22. The van der Waals surface area contributed by atoms with Gasteiger partial charge >= 0.3 is 0 Å². The van der Waals surface area contributed by atoms with Gasteiger partial charge in [-0.05, 0) is 38.1 Å². The fourth-order valence-electron chi connectivity index (χ4n) is 2.12. The van der Waals surface area contributed by atoms with E-state index in [1.165, 1.54) is 30.8 Å². The Hall–Kier alpha value is -1.69. The van der Waals surface area contributed by atoms with Gasteiger partial charge in [0, 0.05) is 27.2 Å². The summed E-state index contributed by atoms with van der Waals surface area (Å²) in [5.41, 5.74) is 0.370. The third kappa shape index (κ3) is 3.89. The molecule has 1 amide bonds. The number of likely N-dealkylation sites (tertiary alicyclic amines) is 1. The summed E-state index contributed by atoms with van der Waals surface area (Å²) in [7, 11) is 3.40. The standard InChI is InChI=1S/C13H21N5O/c1-17(2)13(19)11-5-6-12(16-15-11)14-7-10-18-8-3-4-9-18/h5-6H,3-4,7-10H2,1-2H3,(H,14,16). The molecule has 1 saturated heterocycles.